The van der Waals surface area contributed by atoms with Crippen molar-refractivity contribution >= 4 is 5.91 Å². The Hall–Kier alpha value is -2.02. The van der Waals surface area contributed by atoms with E-state index in [2.05, 4.69) is 10.6 Å². The van der Waals surface area contributed by atoms with E-state index in [-0.39, 0.29) is 5.91 Å². The van der Waals surface area contributed by atoms with Gasteiger partial charge in [0, 0.05) is 18.7 Å². The molecule has 2 N–H and O–H groups in total. The van der Waals surface area contributed by atoms with Gasteiger partial charge in [0.25, 0.3) is 5.91 Å². The number of amides is 1. The van der Waals surface area contributed by atoms with Gasteiger partial charge in [0.05, 0.1) is 0 Å². The zero-order valence-corrected chi connectivity index (χ0v) is 8.58. The molecule has 0 saturated carbocycles. The number of hydrogen-bond donors (Lipinski definition) is 2. The molecule has 0 spiro atoms. The van der Waals surface area contributed by atoms with E-state index < -0.39 is 0 Å². The van der Waals surface area contributed by atoms with E-state index in [4.69, 9.17) is 5.26 Å². The van der Waals surface area contributed by atoms with Crippen molar-refractivity contribution in [2.24, 2.45) is 0 Å². The number of rotatable bonds is 4. The van der Waals surface area contributed by atoms with Crippen LogP contribution in [0.1, 0.15) is 15.9 Å². The molecule has 0 aromatic heterocycles. The summed E-state index contributed by atoms with van der Waals surface area (Å²) in [6, 6.07) is 7.34. The van der Waals surface area contributed by atoms with Gasteiger partial charge in [-0.25, -0.2) is 0 Å². The van der Waals surface area contributed by atoms with E-state index in [1.165, 1.54) is 0 Å². The predicted octanol–water partition coefficient (Wildman–Crippen LogP) is 0.795. The summed E-state index contributed by atoms with van der Waals surface area (Å²) in [5.74, 6) is -0.116. The summed E-state index contributed by atoms with van der Waals surface area (Å²) in [5, 5.41) is 13.4. The van der Waals surface area contributed by atoms with E-state index in [0.717, 1.165) is 5.56 Å². The van der Waals surface area contributed by atoms with Crippen LogP contribution in [-0.2, 0) is 0 Å². The highest BCUT2D eigenvalue weighted by Crippen LogP contribution is 2.02. The first-order valence-corrected chi connectivity index (χ1v) is 4.71. The van der Waals surface area contributed by atoms with Crippen LogP contribution < -0.4 is 10.6 Å². The summed E-state index contributed by atoms with van der Waals surface area (Å²) in [7, 11) is 0. The number of nitrogens with one attached hydrogen (secondary N) is 2. The number of nitriles is 1. The summed E-state index contributed by atoms with van der Waals surface area (Å²) in [6.07, 6.45) is 1.79. The van der Waals surface area contributed by atoms with Gasteiger partial charge >= 0.3 is 0 Å². The van der Waals surface area contributed by atoms with Gasteiger partial charge in [-0.3, -0.25) is 4.79 Å². The predicted molar refractivity (Wildman–Crippen MR) is 57.1 cm³/mol. The van der Waals surface area contributed by atoms with Crippen LogP contribution in [0.4, 0.5) is 0 Å². The van der Waals surface area contributed by atoms with Crippen molar-refractivity contribution in [2.75, 3.05) is 13.1 Å². The van der Waals surface area contributed by atoms with Crippen molar-refractivity contribution in [2.45, 2.75) is 6.92 Å². The smallest absolute Gasteiger partial charge is 0.251 e. The van der Waals surface area contributed by atoms with Crippen LogP contribution in [0.25, 0.3) is 0 Å². The molecule has 0 atom stereocenters. The fourth-order valence-corrected chi connectivity index (χ4v) is 1.10. The quantitative estimate of drug-likeness (QED) is 0.432. The molecule has 0 heterocycles. The lowest BCUT2D eigenvalue weighted by atomic mass is 10.1. The minimum absolute atomic E-state index is 0.116. The van der Waals surface area contributed by atoms with Gasteiger partial charge < -0.3 is 10.6 Å². The van der Waals surface area contributed by atoms with E-state index in [1.54, 1.807) is 18.3 Å². The number of aryl methyl sites for hydroxylation is 1. The van der Waals surface area contributed by atoms with Crippen molar-refractivity contribution < 1.29 is 4.79 Å². The van der Waals surface area contributed by atoms with Crippen molar-refractivity contribution in [1.82, 2.24) is 10.6 Å². The standard InChI is InChI=1S/C11H13N3O/c1-9-2-4-10(5-3-9)11(15)14-7-6-13-8-12/h2-5,13H,6-7H2,1H3,(H,14,15). The molecule has 0 fully saturated rings. The SMILES string of the molecule is Cc1ccc(C(=O)NCCNC#N)cc1. The Morgan fingerprint density at radius 3 is 2.60 bits per heavy atom. The second-order valence-electron chi connectivity index (χ2n) is 3.16. The Balaban J connectivity index is 2.41. The van der Waals surface area contributed by atoms with Crippen LogP contribution >= 0.6 is 0 Å². The zero-order valence-electron chi connectivity index (χ0n) is 8.58. The Kier molecular flexibility index (Phi) is 4.17. The Morgan fingerprint density at radius 1 is 1.33 bits per heavy atom. The van der Waals surface area contributed by atoms with Gasteiger partial charge in [-0.1, -0.05) is 17.7 Å². The maximum absolute atomic E-state index is 11.5. The molecule has 0 aliphatic carbocycles. The van der Waals surface area contributed by atoms with E-state index >= 15 is 0 Å². The van der Waals surface area contributed by atoms with E-state index in [0.29, 0.717) is 18.7 Å². The third-order valence-electron chi connectivity index (χ3n) is 1.93. The number of carbonyl (C=O) groups is 1. The molecule has 1 aromatic carbocycles. The average molecular weight is 203 g/mol. The summed E-state index contributed by atoms with van der Waals surface area (Å²) >= 11 is 0. The van der Waals surface area contributed by atoms with Gasteiger partial charge in [-0.05, 0) is 19.1 Å². The summed E-state index contributed by atoms with van der Waals surface area (Å²) < 4.78 is 0. The molecule has 1 rings (SSSR count). The highest BCUT2D eigenvalue weighted by atomic mass is 16.1. The lowest BCUT2D eigenvalue weighted by Crippen LogP contribution is -2.30. The highest BCUT2D eigenvalue weighted by molar-refractivity contribution is 5.94. The molecular formula is C11H13N3O. The first-order chi connectivity index (χ1) is 7.24. The molecule has 0 radical (unpaired) electrons. The van der Waals surface area contributed by atoms with Crippen molar-refractivity contribution in [1.29, 1.82) is 5.26 Å². The third-order valence-corrected chi connectivity index (χ3v) is 1.93. The first kappa shape index (κ1) is 11.1. The molecule has 0 bridgehead atoms. The molecule has 0 saturated heterocycles. The number of hydrogen-bond acceptors (Lipinski definition) is 3. The van der Waals surface area contributed by atoms with Crippen LogP contribution in [0.3, 0.4) is 0 Å². The molecule has 4 nitrogen and oxygen atoms in total. The topological polar surface area (TPSA) is 64.9 Å². The summed E-state index contributed by atoms with van der Waals surface area (Å²) in [6.45, 7) is 2.87. The summed E-state index contributed by atoms with van der Waals surface area (Å²) in [4.78, 5) is 11.5. The second-order valence-corrected chi connectivity index (χ2v) is 3.16. The largest absolute Gasteiger partial charge is 0.350 e. The Labute approximate surface area is 88.9 Å². The van der Waals surface area contributed by atoms with Crippen LogP contribution in [0, 0.1) is 18.4 Å². The van der Waals surface area contributed by atoms with Crippen LogP contribution in [0.15, 0.2) is 24.3 Å². The molecule has 0 unspecified atom stereocenters. The monoisotopic (exact) mass is 203 g/mol. The third kappa shape index (κ3) is 3.69. The molecule has 15 heavy (non-hydrogen) atoms. The van der Waals surface area contributed by atoms with Gasteiger partial charge in [0.15, 0.2) is 6.19 Å². The lowest BCUT2D eigenvalue weighted by Gasteiger charge is -2.04. The van der Waals surface area contributed by atoms with Crippen molar-refractivity contribution in [3.63, 3.8) is 0 Å². The lowest BCUT2D eigenvalue weighted by molar-refractivity contribution is 0.0954. The Morgan fingerprint density at radius 2 is 2.00 bits per heavy atom. The molecular weight excluding hydrogens is 190 g/mol. The van der Waals surface area contributed by atoms with Crippen LogP contribution in [0.5, 0.6) is 0 Å². The van der Waals surface area contributed by atoms with Crippen molar-refractivity contribution in [3.05, 3.63) is 35.4 Å². The number of carbonyl (C=O) groups excluding carboxylic acids is 1. The maximum atomic E-state index is 11.5. The maximum Gasteiger partial charge on any atom is 0.251 e. The fraction of sp³-hybridized carbons (Fsp3) is 0.273. The van der Waals surface area contributed by atoms with E-state index in [1.807, 2.05) is 19.1 Å². The Bertz CT molecular complexity index is 364. The van der Waals surface area contributed by atoms with Gasteiger partial charge in [0.2, 0.25) is 0 Å². The minimum Gasteiger partial charge on any atom is -0.350 e. The molecule has 0 aliphatic rings. The van der Waals surface area contributed by atoms with E-state index in [9.17, 15) is 4.79 Å². The molecule has 1 aromatic rings. The minimum atomic E-state index is -0.116. The van der Waals surface area contributed by atoms with Gasteiger partial charge in [0.1, 0.15) is 0 Å². The zero-order chi connectivity index (χ0) is 11.1. The molecule has 4 heteroatoms. The molecule has 1 amide bonds. The second kappa shape index (κ2) is 5.66. The van der Waals surface area contributed by atoms with Crippen LogP contribution in [0.2, 0.25) is 0 Å². The van der Waals surface area contributed by atoms with Crippen LogP contribution in [-0.4, -0.2) is 19.0 Å². The first-order valence-electron chi connectivity index (χ1n) is 4.71. The van der Waals surface area contributed by atoms with Crippen molar-refractivity contribution in [3.8, 4) is 6.19 Å². The molecule has 0 aliphatic heterocycles. The average Bonchev–Trinajstić information content (AvgIpc) is 2.25. The number of nitrogens with zero attached hydrogens (tertiary/aromatic N) is 1. The van der Waals surface area contributed by atoms with Gasteiger partial charge in [-0.2, -0.15) is 5.26 Å². The number of benzene rings is 1. The highest BCUT2D eigenvalue weighted by Gasteiger charge is 2.02. The molecule has 78 valence electrons. The summed E-state index contributed by atoms with van der Waals surface area (Å²) in [5.41, 5.74) is 1.76. The van der Waals surface area contributed by atoms with Gasteiger partial charge in [-0.15, -0.1) is 0 Å². The normalized spacial score (nSPS) is 9.07. The fourth-order valence-electron chi connectivity index (χ4n) is 1.10.